The third-order valence-corrected chi connectivity index (χ3v) is 3.16. The van der Waals surface area contributed by atoms with Crippen LogP contribution in [0.3, 0.4) is 0 Å². The Morgan fingerprint density at radius 1 is 1.31 bits per heavy atom. The molecule has 0 aromatic heterocycles. The first-order chi connectivity index (χ1) is 5.89. The lowest BCUT2D eigenvalue weighted by atomic mass is 9.92. The molecule has 78 valence electrons. The van der Waals surface area contributed by atoms with E-state index in [1.165, 1.54) is 0 Å². The number of carbonyl (C=O) groups excluding carboxylic acids is 1. The second-order valence-corrected chi connectivity index (χ2v) is 4.26. The number of carbonyl (C=O) groups is 1. The van der Waals surface area contributed by atoms with E-state index in [-0.39, 0.29) is 17.4 Å². The molecule has 0 aromatic rings. The van der Waals surface area contributed by atoms with Crippen molar-refractivity contribution in [1.82, 2.24) is 4.90 Å². The average Bonchev–Trinajstić information content (AvgIpc) is 2.14. The second kappa shape index (κ2) is 4.64. The first-order valence-electron chi connectivity index (χ1n) is 5.16. The van der Waals surface area contributed by atoms with E-state index in [9.17, 15) is 4.79 Å². The van der Waals surface area contributed by atoms with E-state index in [4.69, 9.17) is 0 Å². The fraction of sp³-hybridized carbons (Fsp3) is 0.909. The molecule has 0 aromatic carbocycles. The van der Waals surface area contributed by atoms with Crippen LogP contribution < -0.4 is 0 Å². The van der Waals surface area contributed by atoms with Gasteiger partial charge in [0.2, 0.25) is 5.91 Å². The first kappa shape index (κ1) is 12.5. The van der Waals surface area contributed by atoms with Gasteiger partial charge in [0, 0.05) is 18.5 Å². The third kappa shape index (κ3) is 2.71. The van der Waals surface area contributed by atoms with E-state index in [0.717, 1.165) is 12.8 Å². The summed E-state index contributed by atoms with van der Waals surface area (Å²) < 4.78 is 0. The molecular weight excluding hydrogens is 162 g/mol. The molecule has 0 spiro atoms. The molecule has 0 rings (SSSR count). The van der Waals surface area contributed by atoms with Gasteiger partial charge in [-0.2, -0.15) is 0 Å². The predicted molar refractivity (Wildman–Crippen MR) is 56.6 cm³/mol. The van der Waals surface area contributed by atoms with Gasteiger partial charge < -0.3 is 4.90 Å². The van der Waals surface area contributed by atoms with Gasteiger partial charge in [-0.1, -0.05) is 27.7 Å². The number of rotatable bonds is 4. The summed E-state index contributed by atoms with van der Waals surface area (Å²) in [5, 5.41) is 0. The van der Waals surface area contributed by atoms with Crippen LogP contribution in [0, 0.1) is 5.92 Å². The molecule has 0 aliphatic heterocycles. The zero-order valence-electron chi connectivity index (χ0n) is 9.85. The molecule has 1 amide bonds. The minimum Gasteiger partial charge on any atom is -0.340 e. The number of hydrogen-bond donors (Lipinski definition) is 0. The van der Waals surface area contributed by atoms with Gasteiger partial charge in [0.05, 0.1) is 0 Å². The van der Waals surface area contributed by atoms with E-state index in [2.05, 4.69) is 20.8 Å². The van der Waals surface area contributed by atoms with Crippen molar-refractivity contribution in [2.24, 2.45) is 5.92 Å². The molecule has 2 nitrogen and oxygen atoms in total. The van der Waals surface area contributed by atoms with E-state index >= 15 is 0 Å². The van der Waals surface area contributed by atoms with Crippen molar-refractivity contribution in [3.63, 3.8) is 0 Å². The maximum absolute atomic E-state index is 11.7. The van der Waals surface area contributed by atoms with Crippen molar-refractivity contribution in [1.29, 1.82) is 0 Å². The van der Waals surface area contributed by atoms with Crippen LogP contribution in [0.25, 0.3) is 0 Å². The summed E-state index contributed by atoms with van der Waals surface area (Å²) in [6.07, 6.45) is 2.02. The van der Waals surface area contributed by atoms with Crippen LogP contribution >= 0.6 is 0 Å². The maximum Gasteiger partial charge on any atom is 0.225 e. The Bertz CT molecular complexity index is 171. The van der Waals surface area contributed by atoms with Gasteiger partial charge in [0.15, 0.2) is 0 Å². The van der Waals surface area contributed by atoms with E-state index < -0.39 is 0 Å². The lowest BCUT2D eigenvalue weighted by Crippen LogP contribution is -2.48. The van der Waals surface area contributed by atoms with E-state index in [1.54, 1.807) is 0 Å². The summed E-state index contributed by atoms with van der Waals surface area (Å²) in [6.45, 7) is 10.3. The monoisotopic (exact) mass is 185 g/mol. The van der Waals surface area contributed by atoms with Gasteiger partial charge >= 0.3 is 0 Å². The summed E-state index contributed by atoms with van der Waals surface area (Å²) >= 11 is 0. The molecule has 0 heterocycles. The summed E-state index contributed by atoms with van der Waals surface area (Å²) in [6, 6.07) is 0. The van der Waals surface area contributed by atoms with Crippen LogP contribution in [0.2, 0.25) is 0 Å². The largest absolute Gasteiger partial charge is 0.340 e. The van der Waals surface area contributed by atoms with Crippen molar-refractivity contribution in [3.8, 4) is 0 Å². The zero-order valence-corrected chi connectivity index (χ0v) is 9.85. The van der Waals surface area contributed by atoms with Crippen molar-refractivity contribution < 1.29 is 4.79 Å². The molecule has 0 fully saturated rings. The Hall–Kier alpha value is -0.530. The van der Waals surface area contributed by atoms with Crippen LogP contribution in [0.4, 0.5) is 0 Å². The molecule has 0 N–H and O–H groups in total. The lowest BCUT2D eigenvalue weighted by molar-refractivity contribution is -0.138. The molecule has 0 aliphatic rings. The van der Waals surface area contributed by atoms with Gasteiger partial charge in [-0.25, -0.2) is 0 Å². The van der Waals surface area contributed by atoms with Crippen LogP contribution in [0.1, 0.15) is 47.5 Å². The Labute approximate surface area is 82.3 Å². The molecule has 13 heavy (non-hydrogen) atoms. The fourth-order valence-corrected chi connectivity index (χ4v) is 1.38. The van der Waals surface area contributed by atoms with Crippen molar-refractivity contribution in [3.05, 3.63) is 0 Å². The minimum absolute atomic E-state index is 0.0291. The fourth-order valence-electron chi connectivity index (χ4n) is 1.38. The smallest absolute Gasteiger partial charge is 0.225 e. The molecule has 0 saturated heterocycles. The summed E-state index contributed by atoms with van der Waals surface area (Å²) in [7, 11) is 1.91. The molecule has 0 saturated carbocycles. The molecule has 2 heteroatoms. The Morgan fingerprint density at radius 3 is 1.92 bits per heavy atom. The Balaban J connectivity index is 4.55. The second-order valence-electron chi connectivity index (χ2n) is 4.26. The number of amides is 1. The summed E-state index contributed by atoms with van der Waals surface area (Å²) in [5.41, 5.74) is 0.0291. The normalized spacial score (nSPS) is 11.9. The first-order valence-corrected chi connectivity index (χ1v) is 5.16. The number of hydrogen-bond acceptors (Lipinski definition) is 1. The molecular formula is C11H23NO. The molecule has 0 unspecified atom stereocenters. The molecule has 0 atom stereocenters. The van der Waals surface area contributed by atoms with Gasteiger partial charge in [0.25, 0.3) is 0 Å². The summed E-state index contributed by atoms with van der Waals surface area (Å²) in [5.74, 6) is 0.341. The Morgan fingerprint density at radius 2 is 1.69 bits per heavy atom. The SMILES string of the molecule is CCC(C)(CC)N(C)C(=O)C(C)C. The third-order valence-electron chi connectivity index (χ3n) is 3.16. The van der Waals surface area contributed by atoms with Crippen LogP contribution in [-0.2, 0) is 4.79 Å². The van der Waals surface area contributed by atoms with E-state index in [1.807, 2.05) is 25.8 Å². The molecule has 0 bridgehead atoms. The van der Waals surface area contributed by atoms with Crippen LogP contribution in [0.15, 0.2) is 0 Å². The minimum atomic E-state index is 0.0291. The summed E-state index contributed by atoms with van der Waals surface area (Å²) in [4.78, 5) is 13.6. The molecule has 0 radical (unpaired) electrons. The van der Waals surface area contributed by atoms with Gasteiger partial charge in [0.1, 0.15) is 0 Å². The van der Waals surface area contributed by atoms with Crippen molar-refractivity contribution >= 4 is 5.91 Å². The highest BCUT2D eigenvalue weighted by molar-refractivity contribution is 5.78. The topological polar surface area (TPSA) is 20.3 Å². The lowest BCUT2D eigenvalue weighted by Gasteiger charge is -2.38. The quantitative estimate of drug-likeness (QED) is 0.659. The zero-order chi connectivity index (χ0) is 10.6. The van der Waals surface area contributed by atoms with Crippen molar-refractivity contribution in [2.75, 3.05) is 7.05 Å². The average molecular weight is 185 g/mol. The highest BCUT2D eigenvalue weighted by atomic mass is 16.2. The van der Waals surface area contributed by atoms with Gasteiger partial charge in [-0.15, -0.1) is 0 Å². The maximum atomic E-state index is 11.7. The Kier molecular flexibility index (Phi) is 4.45. The van der Waals surface area contributed by atoms with Gasteiger partial charge in [-0.3, -0.25) is 4.79 Å². The molecule has 0 aliphatic carbocycles. The highest BCUT2D eigenvalue weighted by Crippen LogP contribution is 2.23. The highest BCUT2D eigenvalue weighted by Gasteiger charge is 2.29. The van der Waals surface area contributed by atoms with E-state index in [0.29, 0.717) is 0 Å². The van der Waals surface area contributed by atoms with Crippen LogP contribution in [0.5, 0.6) is 0 Å². The predicted octanol–water partition coefficient (Wildman–Crippen LogP) is 2.68. The standard InChI is InChI=1S/C11H23NO/c1-7-11(5,8-2)12(6)10(13)9(3)4/h9H,7-8H2,1-6H3. The van der Waals surface area contributed by atoms with Crippen LogP contribution in [-0.4, -0.2) is 23.4 Å². The van der Waals surface area contributed by atoms with Gasteiger partial charge in [-0.05, 0) is 19.8 Å². The van der Waals surface area contributed by atoms with Crippen molar-refractivity contribution in [2.45, 2.75) is 53.0 Å². The number of nitrogens with zero attached hydrogens (tertiary/aromatic N) is 1.